The van der Waals surface area contributed by atoms with E-state index < -0.39 is 6.29 Å². The maximum Gasteiger partial charge on any atom is 0.239 e. The lowest BCUT2D eigenvalue weighted by atomic mass is 10.3. The van der Waals surface area contributed by atoms with Crippen LogP contribution in [0.3, 0.4) is 0 Å². The minimum Gasteiger partial charge on any atom is -0.467 e. The number of nitrogens with one attached hydrogen (secondary N) is 1. The molecule has 3 heteroatoms. The van der Waals surface area contributed by atoms with E-state index in [1.54, 1.807) is 6.08 Å². The van der Waals surface area contributed by atoms with Crippen LogP contribution in [-0.4, -0.2) is 11.4 Å². The third kappa shape index (κ3) is 0.816. The van der Waals surface area contributed by atoms with Crippen molar-refractivity contribution in [1.82, 2.24) is 5.73 Å². The lowest BCUT2D eigenvalue weighted by molar-refractivity contribution is -0.0248. The molecule has 0 spiro atoms. The highest BCUT2D eigenvalue weighted by Crippen LogP contribution is 2.04. The fraction of sp³-hybridized carbons (Fsp3) is 0.200. The van der Waals surface area contributed by atoms with Gasteiger partial charge in [0, 0.05) is 0 Å². The van der Waals surface area contributed by atoms with E-state index in [-0.39, 0.29) is 5.70 Å². The van der Waals surface area contributed by atoms with Crippen LogP contribution in [0.5, 0.6) is 0 Å². The summed E-state index contributed by atoms with van der Waals surface area (Å²) in [6.45, 7) is 0. The molecule has 1 aliphatic heterocycles. The first-order valence-electron chi connectivity index (χ1n) is 2.22. The Bertz CT molecular complexity index is 139. The zero-order valence-corrected chi connectivity index (χ0v) is 4.16. The molecule has 0 aliphatic carbocycles. The first kappa shape index (κ1) is 5.18. The van der Waals surface area contributed by atoms with Crippen molar-refractivity contribution < 1.29 is 9.84 Å². The number of ether oxygens (including phenoxy) is 1. The van der Waals surface area contributed by atoms with E-state index in [0.717, 1.165) is 0 Å². The fourth-order valence-electron chi connectivity index (χ4n) is 0.418. The van der Waals surface area contributed by atoms with Gasteiger partial charge in [-0.3, -0.25) is 5.73 Å². The molecule has 1 unspecified atom stereocenters. The summed E-state index contributed by atoms with van der Waals surface area (Å²) >= 11 is 0. The molecule has 0 saturated carbocycles. The highest BCUT2D eigenvalue weighted by Gasteiger charge is 2.07. The molecule has 43 valence electrons. The van der Waals surface area contributed by atoms with Gasteiger partial charge in [-0.05, 0) is 12.2 Å². The normalized spacial score (nSPS) is 26.6. The summed E-state index contributed by atoms with van der Waals surface area (Å²) in [6, 6.07) is 0. The molecule has 1 heterocycles. The van der Waals surface area contributed by atoms with Gasteiger partial charge in [-0.15, -0.1) is 0 Å². The highest BCUT2D eigenvalue weighted by atomic mass is 16.6. The first-order chi connectivity index (χ1) is 3.80. The van der Waals surface area contributed by atoms with Crippen LogP contribution < -0.4 is 5.73 Å². The molecular weight excluding hydrogens is 106 g/mol. The Morgan fingerprint density at radius 1 is 1.75 bits per heavy atom. The topological polar surface area (TPSA) is 53.3 Å². The molecule has 0 saturated heterocycles. The number of aliphatic hydroxyl groups is 1. The molecular formula is C5H6NO2. The largest absolute Gasteiger partial charge is 0.467 e. The first-order valence-corrected chi connectivity index (χ1v) is 2.22. The van der Waals surface area contributed by atoms with Crippen LogP contribution in [0, 0.1) is 0 Å². The van der Waals surface area contributed by atoms with Gasteiger partial charge in [0.1, 0.15) is 0 Å². The van der Waals surface area contributed by atoms with Gasteiger partial charge in [0.2, 0.25) is 6.29 Å². The third-order valence-electron chi connectivity index (χ3n) is 0.828. The lowest BCUT2D eigenvalue weighted by Crippen LogP contribution is -2.14. The molecule has 0 amide bonds. The smallest absolute Gasteiger partial charge is 0.239 e. The van der Waals surface area contributed by atoms with Crippen LogP contribution in [0.2, 0.25) is 0 Å². The van der Waals surface area contributed by atoms with Gasteiger partial charge in [-0.25, -0.2) is 0 Å². The van der Waals surface area contributed by atoms with Crippen molar-refractivity contribution >= 4 is 0 Å². The molecule has 0 aromatic heterocycles. The number of allylic oxidation sites excluding steroid dienone is 2. The van der Waals surface area contributed by atoms with Gasteiger partial charge in [0.25, 0.3) is 0 Å². The fourth-order valence-corrected chi connectivity index (χ4v) is 0.418. The van der Waals surface area contributed by atoms with Crippen LogP contribution in [0.25, 0.3) is 0 Å². The summed E-state index contributed by atoms with van der Waals surface area (Å²) in [5.41, 5.74) is 7.00. The number of aliphatic hydroxyl groups excluding tert-OH is 1. The van der Waals surface area contributed by atoms with Crippen molar-refractivity contribution in [2.75, 3.05) is 0 Å². The van der Waals surface area contributed by atoms with E-state index in [2.05, 4.69) is 4.74 Å². The van der Waals surface area contributed by atoms with E-state index >= 15 is 0 Å². The zero-order valence-electron chi connectivity index (χ0n) is 4.16. The highest BCUT2D eigenvalue weighted by molar-refractivity contribution is 5.12. The van der Waals surface area contributed by atoms with Crippen LogP contribution >= 0.6 is 0 Å². The van der Waals surface area contributed by atoms with Gasteiger partial charge in [0.15, 0.2) is 0 Å². The minimum absolute atomic E-state index is 0.0903. The molecule has 0 fully saturated rings. The van der Waals surface area contributed by atoms with Gasteiger partial charge >= 0.3 is 0 Å². The summed E-state index contributed by atoms with van der Waals surface area (Å²) in [5, 5.41) is 8.65. The maximum atomic E-state index is 8.65. The SMILES string of the molecule is [NH]C1=CC=COC1O. The predicted octanol–water partition coefficient (Wildman–Crippen LogP) is 0.0155. The van der Waals surface area contributed by atoms with Crippen LogP contribution in [-0.2, 0) is 4.74 Å². The molecule has 0 aromatic rings. The second-order valence-corrected chi connectivity index (χ2v) is 1.44. The number of hydrogen-bond acceptors (Lipinski definition) is 2. The third-order valence-corrected chi connectivity index (χ3v) is 0.828. The van der Waals surface area contributed by atoms with E-state index in [9.17, 15) is 0 Å². The summed E-state index contributed by atoms with van der Waals surface area (Å²) in [5.74, 6) is 0. The molecule has 0 aromatic carbocycles. The molecule has 1 rings (SSSR count). The summed E-state index contributed by atoms with van der Waals surface area (Å²) < 4.78 is 4.51. The summed E-state index contributed by atoms with van der Waals surface area (Å²) in [6.07, 6.45) is 3.34. The van der Waals surface area contributed by atoms with E-state index in [1.807, 2.05) is 0 Å². The molecule has 1 radical (unpaired) electrons. The van der Waals surface area contributed by atoms with Gasteiger partial charge in [-0.1, -0.05) is 0 Å². The van der Waals surface area contributed by atoms with Gasteiger partial charge in [0.05, 0.1) is 12.0 Å². The summed E-state index contributed by atoms with van der Waals surface area (Å²) in [7, 11) is 0. The second kappa shape index (κ2) is 1.88. The Balaban J connectivity index is 2.66. The Morgan fingerprint density at radius 2 is 2.50 bits per heavy atom. The van der Waals surface area contributed by atoms with Crippen molar-refractivity contribution in [3.63, 3.8) is 0 Å². The minimum atomic E-state index is -1.06. The monoisotopic (exact) mass is 112 g/mol. The number of rotatable bonds is 0. The second-order valence-electron chi connectivity index (χ2n) is 1.44. The van der Waals surface area contributed by atoms with Crippen LogP contribution in [0.15, 0.2) is 24.1 Å². The van der Waals surface area contributed by atoms with Crippen molar-refractivity contribution in [2.45, 2.75) is 6.29 Å². The Hall–Kier alpha value is -0.960. The van der Waals surface area contributed by atoms with Gasteiger partial charge < -0.3 is 9.84 Å². The molecule has 1 aliphatic rings. The van der Waals surface area contributed by atoms with E-state index in [1.165, 1.54) is 12.3 Å². The van der Waals surface area contributed by atoms with E-state index in [4.69, 9.17) is 10.8 Å². The van der Waals surface area contributed by atoms with Crippen LogP contribution in [0.4, 0.5) is 0 Å². The van der Waals surface area contributed by atoms with Crippen LogP contribution in [0.1, 0.15) is 0 Å². The van der Waals surface area contributed by atoms with Crippen molar-refractivity contribution in [2.24, 2.45) is 0 Å². The summed E-state index contributed by atoms with van der Waals surface area (Å²) in [4.78, 5) is 0. The lowest BCUT2D eigenvalue weighted by Gasteiger charge is -2.10. The molecule has 0 bridgehead atoms. The average Bonchev–Trinajstić information content (AvgIpc) is 1.77. The van der Waals surface area contributed by atoms with E-state index in [0.29, 0.717) is 0 Å². The average molecular weight is 112 g/mol. The van der Waals surface area contributed by atoms with Crippen molar-refractivity contribution in [3.8, 4) is 0 Å². The molecule has 3 nitrogen and oxygen atoms in total. The standard InChI is InChI=1S/C5H6NO2/c6-4-2-1-3-8-5(4)7/h1-3,5-7H. The molecule has 8 heavy (non-hydrogen) atoms. The zero-order chi connectivity index (χ0) is 5.98. The predicted molar refractivity (Wildman–Crippen MR) is 27.4 cm³/mol. The molecule has 1 atom stereocenters. The van der Waals surface area contributed by atoms with Crippen molar-refractivity contribution in [3.05, 3.63) is 24.1 Å². The Kier molecular flexibility index (Phi) is 1.22. The maximum absolute atomic E-state index is 8.65. The quantitative estimate of drug-likeness (QED) is 0.480. The number of hydrogen-bond donors (Lipinski definition) is 1. The molecule has 2 N–H and O–H groups in total. The Morgan fingerprint density at radius 3 is 2.88 bits per heavy atom. The Labute approximate surface area is 47.1 Å². The van der Waals surface area contributed by atoms with Crippen molar-refractivity contribution in [1.29, 1.82) is 0 Å². The van der Waals surface area contributed by atoms with Gasteiger partial charge in [-0.2, -0.15) is 0 Å².